The maximum atomic E-state index is 12.8. The molecule has 6 nitrogen and oxygen atoms in total. The summed E-state index contributed by atoms with van der Waals surface area (Å²) in [4.78, 5) is 22.6. The molecule has 0 aromatic heterocycles. The predicted molar refractivity (Wildman–Crippen MR) is 77.4 cm³/mol. The fraction of sp³-hybridized carbons (Fsp3) is 0.200. The Labute approximate surface area is 140 Å². The molecule has 0 saturated carbocycles. The molecule has 1 aliphatic heterocycles. The molecule has 1 aromatic rings. The second-order valence-electron chi connectivity index (χ2n) is 5.30. The second kappa shape index (κ2) is 5.53. The number of sulfonamides is 1. The second-order valence-corrected chi connectivity index (χ2v) is 7.09. The molecule has 3 rings (SSSR count). The number of nitrogens with zero attached hydrogens (tertiary/aromatic N) is 1. The van der Waals surface area contributed by atoms with Crippen molar-refractivity contribution in [1.82, 2.24) is 4.31 Å². The molecule has 0 unspecified atom stereocenters. The zero-order chi connectivity index (χ0) is 18.5. The number of halogens is 3. The first-order chi connectivity index (χ1) is 11.6. The van der Waals surface area contributed by atoms with Crippen LogP contribution < -0.4 is 0 Å². The molecule has 25 heavy (non-hydrogen) atoms. The first-order valence-corrected chi connectivity index (χ1v) is 8.32. The predicted octanol–water partition coefficient (Wildman–Crippen LogP) is 1.64. The van der Waals surface area contributed by atoms with Gasteiger partial charge in [-0.3, -0.25) is 9.59 Å². The zero-order valence-corrected chi connectivity index (χ0v) is 13.2. The summed E-state index contributed by atoms with van der Waals surface area (Å²) in [5.41, 5.74) is -3.03. The van der Waals surface area contributed by atoms with Crippen LogP contribution in [0.15, 0.2) is 53.5 Å². The topological polar surface area (TPSA) is 80.8 Å². The summed E-state index contributed by atoms with van der Waals surface area (Å²) in [6, 6.07) is 3.04. The molecule has 1 aromatic carbocycles. The van der Waals surface area contributed by atoms with E-state index >= 15 is 0 Å². The highest BCUT2D eigenvalue weighted by atomic mass is 32.2. The van der Waals surface area contributed by atoms with Gasteiger partial charge in [0.05, 0.1) is 10.5 Å². The number of benzene rings is 1. The van der Waals surface area contributed by atoms with Gasteiger partial charge in [-0.2, -0.15) is 17.5 Å². The minimum Gasteiger partial charge on any atom is -0.337 e. The van der Waals surface area contributed by atoms with Gasteiger partial charge in [-0.05, 0) is 42.5 Å². The van der Waals surface area contributed by atoms with Crippen LogP contribution in [0, 0.1) is 0 Å². The number of allylic oxidation sites excluding steroid dienone is 2. The number of alkyl halides is 3. The van der Waals surface area contributed by atoms with E-state index in [9.17, 15) is 31.2 Å². The highest BCUT2D eigenvalue weighted by Gasteiger charge is 2.51. The number of rotatable bonds is 2. The van der Waals surface area contributed by atoms with Crippen molar-refractivity contribution < 1.29 is 35.9 Å². The lowest BCUT2D eigenvalue weighted by molar-refractivity contribution is -0.137. The molecule has 1 amide bonds. The Hall–Kier alpha value is -2.46. The first kappa shape index (κ1) is 17.4. The molecular formula is C15H10F3NO5S. The van der Waals surface area contributed by atoms with Gasteiger partial charge < -0.3 is 4.74 Å². The van der Waals surface area contributed by atoms with E-state index < -0.39 is 50.7 Å². The Morgan fingerprint density at radius 2 is 1.76 bits per heavy atom. The molecule has 0 radical (unpaired) electrons. The Bertz CT molecular complexity index is 901. The normalized spacial score (nSPS) is 19.9. The number of ketones is 1. The van der Waals surface area contributed by atoms with Gasteiger partial charge in [0.25, 0.3) is 15.9 Å². The highest BCUT2D eigenvalue weighted by molar-refractivity contribution is 7.89. The van der Waals surface area contributed by atoms with E-state index in [1.165, 1.54) is 0 Å². The third kappa shape index (κ3) is 2.87. The van der Waals surface area contributed by atoms with Crippen LogP contribution in [0.2, 0.25) is 0 Å². The third-order valence-electron chi connectivity index (χ3n) is 3.64. The molecule has 2 aliphatic rings. The fourth-order valence-corrected chi connectivity index (χ4v) is 4.10. The minimum absolute atomic E-state index is 0.342. The number of carbonyl (C=O) groups is 2. The van der Waals surface area contributed by atoms with Crippen LogP contribution in [0.25, 0.3) is 0 Å². The Balaban J connectivity index is 2.10. The van der Waals surface area contributed by atoms with Crippen molar-refractivity contribution in [3.63, 3.8) is 0 Å². The summed E-state index contributed by atoms with van der Waals surface area (Å²) in [6.07, 6.45) is -0.552. The molecule has 0 atom stereocenters. The first-order valence-electron chi connectivity index (χ1n) is 6.88. The standard InChI is InChI=1S/C15H10F3NO5S/c16-15(17,18)10-2-1-3-12(8-10)25(22,23)19-13(21)9-24-14(19)6-4-11(20)5-7-14/h1-8H,9H2. The van der Waals surface area contributed by atoms with Crippen molar-refractivity contribution in [2.75, 3.05) is 6.61 Å². The van der Waals surface area contributed by atoms with E-state index in [4.69, 9.17) is 4.74 Å². The van der Waals surface area contributed by atoms with Crippen molar-refractivity contribution >= 4 is 21.7 Å². The van der Waals surface area contributed by atoms with Gasteiger partial charge in [-0.1, -0.05) is 6.07 Å². The van der Waals surface area contributed by atoms with Gasteiger partial charge in [0.2, 0.25) is 0 Å². The summed E-state index contributed by atoms with van der Waals surface area (Å²) in [5, 5.41) is 0. The third-order valence-corrected chi connectivity index (χ3v) is 5.46. The fourth-order valence-electron chi connectivity index (χ4n) is 2.50. The van der Waals surface area contributed by atoms with Crippen molar-refractivity contribution in [1.29, 1.82) is 0 Å². The minimum atomic E-state index is -4.74. The molecule has 0 N–H and O–H groups in total. The van der Waals surface area contributed by atoms with Gasteiger partial charge >= 0.3 is 6.18 Å². The average Bonchev–Trinajstić information content (AvgIpc) is 2.87. The Morgan fingerprint density at radius 1 is 1.12 bits per heavy atom. The van der Waals surface area contributed by atoms with Crippen molar-refractivity contribution in [2.24, 2.45) is 0 Å². The highest BCUT2D eigenvalue weighted by Crippen LogP contribution is 2.37. The number of carbonyl (C=O) groups excluding carboxylic acids is 2. The van der Waals surface area contributed by atoms with Gasteiger partial charge in [-0.25, -0.2) is 8.42 Å². The van der Waals surface area contributed by atoms with Gasteiger partial charge in [-0.15, -0.1) is 0 Å². The van der Waals surface area contributed by atoms with Crippen LogP contribution in [0.4, 0.5) is 13.2 Å². The summed E-state index contributed by atoms with van der Waals surface area (Å²) in [7, 11) is -4.65. The summed E-state index contributed by atoms with van der Waals surface area (Å²) < 4.78 is 69.6. The van der Waals surface area contributed by atoms with E-state index in [-0.39, 0.29) is 0 Å². The maximum Gasteiger partial charge on any atom is 0.416 e. The van der Waals surface area contributed by atoms with Gasteiger partial charge in [0.1, 0.15) is 6.61 Å². The largest absolute Gasteiger partial charge is 0.416 e. The molecule has 132 valence electrons. The Kier molecular flexibility index (Phi) is 3.84. The van der Waals surface area contributed by atoms with Crippen LogP contribution >= 0.6 is 0 Å². The van der Waals surface area contributed by atoms with Crippen LogP contribution in [0.5, 0.6) is 0 Å². The maximum absolute atomic E-state index is 12.8. The van der Waals surface area contributed by atoms with Crippen LogP contribution in [0.3, 0.4) is 0 Å². The molecule has 10 heteroatoms. The molecule has 1 fully saturated rings. The van der Waals surface area contributed by atoms with E-state index in [1.54, 1.807) is 0 Å². The number of amides is 1. The zero-order valence-electron chi connectivity index (χ0n) is 12.4. The molecule has 1 saturated heterocycles. The summed E-state index contributed by atoms with van der Waals surface area (Å²) >= 11 is 0. The SMILES string of the molecule is O=C1C=CC2(C=C1)OCC(=O)N2S(=O)(=O)c1cccc(C(F)(F)F)c1. The molecule has 0 bridgehead atoms. The van der Waals surface area contributed by atoms with E-state index in [1.807, 2.05) is 0 Å². The monoisotopic (exact) mass is 373 g/mol. The van der Waals surface area contributed by atoms with Gasteiger partial charge in [0, 0.05) is 0 Å². The number of ether oxygens (including phenoxy) is 1. The lowest BCUT2D eigenvalue weighted by Crippen LogP contribution is -2.48. The number of hydrogen-bond donors (Lipinski definition) is 0. The summed E-state index contributed by atoms with van der Waals surface area (Å²) in [6.45, 7) is -0.596. The van der Waals surface area contributed by atoms with Gasteiger partial charge in [0.15, 0.2) is 11.5 Å². The molecule has 1 aliphatic carbocycles. The molecular weight excluding hydrogens is 363 g/mol. The number of hydrogen-bond acceptors (Lipinski definition) is 5. The molecule has 1 spiro atoms. The lowest BCUT2D eigenvalue weighted by Gasteiger charge is -2.31. The van der Waals surface area contributed by atoms with E-state index in [2.05, 4.69) is 0 Å². The Morgan fingerprint density at radius 3 is 2.36 bits per heavy atom. The van der Waals surface area contributed by atoms with Crippen molar-refractivity contribution in [2.45, 2.75) is 16.8 Å². The van der Waals surface area contributed by atoms with Crippen LogP contribution in [0.1, 0.15) is 5.56 Å². The smallest absolute Gasteiger partial charge is 0.337 e. The summed E-state index contributed by atoms with van der Waals surface area (Å²) in [5.74, 6) is -1.40. The quantitative estimate of drug-likeness (QED) is 0.787. The lowest BCUT2D eigenvalue weighted by atomic mass is 10.1. The van der Waals surface area contributed by atoms with Crippen molar-refractivity contribution in [3.8, 4) is 0 Å². The molecule has 1 heterocycles. The van der Waals surface area contributed by atoms with Crippen molar-refractivity contribution in [3.05, 3.63) is 54.1 Å². The van der Waals surface area contributed by atoms with E-state index in [0.29, 0.717) is 10.4 Å². The van der Waals surface area contributed by atoms with E-state index in [0.717, 1.165) is 42.5 Å². The van der Waals surface area contributed by atoms with Crippen LogP contribution in [-0.4, -0.2) is 36.7 Å². The van der Waals surface area contributed by atoms with Crippen LogP contribution in [-0.2, 0) is 30.5 Å². The average molecular weight is 373 g/mol.